The first-order valence-electron chi connectivity index (χ1n) is 5.47. The normalized spacial score (nSPS) is 11.7. The summed E-state index contributed by atoms with van der Waals surface area (Å²) in [6.07, 6.45) is 0. The molecule has 2 aromatic rings. The molecule has 0 amide bonds. The topological polar surface area (TPSA) is 35.8 Å². The fourth-order valence-electron chi connectivity index (χ4n) is 1.62. The molecule has 0 saturated heterocycles. The molecule has 0 saturated carbocycles. The Labute approximate surface area is 126 Å². The fourth-order valence-corrected chi connectivity index (χ4v) is 2.23. The van der Waals surface area contributed by atoms with Gasteiger partial charge in [-0.05, 0) is 17.7 Å². The quantitative estimate of drug-likeness (QED) is 0.778. The molecule has 0 aliphatic carbocycles. The predicted molar refractivity (Wildman–Crippen MR) is 79.9 cm³/mol. The van der Waals surface area contributed by atoms with Gasteiger partial charge in [-0.3, -0.25) is 0 Å². The Morgan fingerprint density at radius 3 is 2.21 bits per heavy atom. The number of anilines is 1. The number of hydrogen-bond donors (Lipinski definition) is 1. The lowest BCUT2D eigenvalue weighted by atomic mass is 10.1. The standard InChI is InChI=1S/C14H9Cl3N2/c15-10-6-12(17)13(7-11(10)16)19-14(8-18)9-4-2-1-3-5-9/h1-7,14,19H. The van der Waals surface area contributed by atoms with Crippen molar-refractivity contribution in [2.24, 2.45) is 0 Å². The van der Waals surface area contributed by atoms with Gasteiger partial charge in [0.25, 0.3) is 0 Å². The number of halogens is 3. The average molecular weight is 312 g/mol. The highest BCUT2D eigenvalue weighted by molar-refractivity contribution is 6.44. The van der Waals surface area contributed by atoms with Crippen LogP contribution in [-0.4, -0.2) is 0 Å². The predicted octanol–water partition coefficient (Wildman–Crippen LogP) is 5.32. The highest BCUT2D eigenvalue weighted by Crippen LogP contribution is 2.34. The van der Waals surface area contributed by atoms with Crippen molar-refractivity contribution in [3.05, 3.63) is 63.1 Å². The van der Waals surface area contributed by atoms with Gasteiger partial charge in [-0.15, -0.1) is 0 Å². The Balaban J connectivity index is 2.30. The van der Waals surface area contributed by atoms with Crippen molar-refractivity contribution in [1.29, 1.82) is 5.26 Å². The van der Waals surface area contributed by atoms with Crippen molar-refractivity contribution in [3.8, 4) is 6.07 Å². The van der Waals surface area contributed by atoms with Crippen molar-refractivity contribution in [2.75, 3.05) is 5.32 Å². The monoisotopic (exact) mass is 310 g/mol. The molecule has 0 aliphatic heterocycles. The van der Waals surface area contributed by atoms with Crippen LogP contribution in [0.25, 0.3) is 0 Å². The van der Waals surface area contributed by atoms with Gasteiger partial charge in [0.1, 0.15) is 6.04 Å². The third-order valence-electron chi connectivity index (χ3n) is 2.57. The lowest BCUT2D eigenvalue weighted by Gasteiger charge is -2.15. The van der Waals surface area contributed by atoms with E-state index in [9.17, 15) is 5.26 Å². The van der Waals surface area contributed by atoms with Crippen molar-refractivity contribution in [1.82, 2.24) is 0 Å². The third kappa shape index (κ3) is 3.33. The summed E-state index contributed by atoms with van der Waals surface area (Å²) >= 11 is 17.9. The van der Waals surface area contributed by atoms with E-state index in [1.807, 2.05) is 30.3 Å². The lowest BCUT2D eigenvalue weighted by molar-refractivity contribution is 0.998. The van der Waals surface area contributed by atoms with Crippen LogP contribution < -0.4 is 5.32 Å². The van der Waals surface area contributed by atoms with Crippen LogP contribution in [0.4, 0.5) is 5.69 Å². The molecule has 2 rings (SSSR count). The molecule has 0 aromatic heterocycles. The van der Waals surface area contributed by atoms with Gasteiger partial charge in [0, 0.05) is 0 Å². The van der Waals surface area contributed by atoms with E-state index in [0.29, 0.717) is 20.8 Å². The van der Waals surface area contributed by atoms with E-state index in [0.717, 1.165) is 5.56 Å². The summed E-state index contributed by atoms with van der Waals surface area (Å²) in [6, 6.07) is 14.2. The molecule has 2 nitrogen and oxygen atoms in total. The number of nitriles is 1. The maximum Gasteiger partial charge on any atom is 0.140 e. The Hall–Kier alpha value is -1.40. The molecule has 2 aromatic carbocycles. The molecule has 0 fully saturated rings. The van der Waals surface area contributed by atoms with Gasteiger partial charge in [-0.2, -0.15) is 5.26 Å². The van der Waals surface area contributed by atoms with Crippen molar-refractivity contribution in [2.45, 2.75) is 6.04 Å². The van der Waals surface area contributed by atoms with Crippen LogP contribution in [-0.2, 0) is 0 Å². The summed E-state index contributed by atoms with van der Waals surface area (Å²) in [7, 11) is 0. The Morgan fingerprint density at radius 2 is 1.58 bits per heavy atom. The fraction of sp³-hybridized carbons (Fsp3) is 0.0714. The van der Waals surface area contributed by atoms with Crippen LogP contribution in [0.5, 0.6) is 0 Å². The van der Waals surface area contributed by atoms with Crippen LogP contribution in [0.1, 0.15) is 11.6 Å². The number of rotatable bonds is 3. The highest BCUT2D eigenvalue weighted by atomic mass is 35.5. The van der Waals surface area contributed by atoms with Crippen LogP contribution in [0.15, 0.2) is 42.5 Å². The minimum atomic E-state index is -0.504. The number of nitrogens with one attached hydrogen (secondary N) is 1. The van der Waals surface area contributed by atoms with Gasteiger partial charge < -0.3 is 5.32 Å². The number of hydrogen-bond acceptors (Lipinski definition) is 2. The zero-order valence-corrected chi connectivity index (χ0v) is 12.0. The highest BCUT2D eigenvalue weighted by Gasteiger charge is 2.13. The van der Waals surface area contributed by atoms with E-state index in [1.165, 1.54) is 0 Å². The molecule has 0 bridgehead atoms. The molecular weight excluding hydrogens is 303 g/mol. The largest absolute Gasteiger partial charge is 0.365 e. The smallest absolute Gasteiger partial charge is 0.140 e. The molecule has 1 unspecified atom stereocenters. The zero-order chi connectivity index (χ0) is 13.8. The third-order valence-corrected chi connectivity index (χ3v) is 3.61. The molecule has 0 radical (unpaired) electrons. The van der Waals surface area contributed by atoms with E-state index in [1.54, 1.807) is 12.1 Å². The van der Waals surface area contributed by atoms with E-state index in [-0.39, 0.29) is 0 Å². The first kappa shape index (κ1) is 14.0. The van der Waals surface area contributed by atoms with Crippen LogP contribution in [0, 0.1) is 11.3 Å². The molecule has 0 spiro atoms. The van der Waals surface area contributed by atoms with Gasteiger partial charge in [0.2, 0.25) is 0 Å². The van der Waals surface area contributed by atoms with Crippen LogP contribution in [0.2, 0.25) is 15.1 Å². The molecule has 0 aliphatic rings. The van der Waals surface area contributed by atoms with Gasteiger partial charge in [0.05, 0.1) is 26.8 Å². The molecule has 96 valence electrons. The molecular formula is C14H9Cl3N2. The van der Waals surface area contributed by atoms with Gasteiger partial charge in [-0.25, -0.2) is 0 Å². The molecule has 19 heavy (non-hydrogen) atoms. The Morgan fingerprint density at radius 1 is 0.947 bits per heavy atom. The van der Waals surface area contributed by atoms with Gasteiger partial charge in [-0.1, -0.05) is 65.1 Å². The average Bonchev–Trinajstić information content (AvgIpc) is 2.42. The second-order valence-electron chi connectivity index (χ2n) is 3.86. The summed E-state index contributed by atoms with van der Waals surface area (Å²) in [6.45, 7) is 0. The molecule has 0 heterocycles. The summed E-state index contributed by atoms with van der Waals surface area (Å²) in [5.74, 6) is 0. The van der Waals surface area contributed by atoms with E-state index in [4.69, 9.17) is 34.8 Å². The summed E-state index contributed by atoms with van der Waals surface area (Å²) in [4.78, 5) is 0. The van der Waals surface area contributed by atoms with Crippen LogP contribution >= 0.6 is 34.8 Å². The SMILES string of the molecule is N#CC(Nc1cc(Cl)c(Cl)cc1Cl)c1ccccc1. The summed E-state index contributed by atoms with van der Waals surface area (Å²) < 4.78 is 0. The van der Waals surface area contributed by atoms with Crippen LogP contribution in [0.3, 0.4) is 0 Å². The maximum atomic E-state index is 9.24. The summed E-state index contributed by atoms with van der Waals surface area (Å²) in [5, 5.41) is 13.5. The van der Waals surface area contributed by atoms with E-state index in [2.05, 4.69) is 11.4 Å². The second kappa shape index (κ2) is 6.16. The first-order chi connectivity index (χ1) is 9.11. The van der Waals surface area contributed by atoms with Crippen molar-refractivity contribution >= 4 is 40.5 Å². The zero-order valence-electron chi connectivity index (χ0n) is 9.70. The first-order valence-corrected chi connectivity index (χ1v) is 6.61. The number of benzene rings is 2. The maximum absolute atomic E-state index is 9.24. The minimum absolute atomic E-state index is 0.380. The second-order valence-corrected chi connectivity index (χ2v) is 5.08. The lowest BCUT2D eigenvalue weighted by Crippen LogP contribution is -2.08. The summed E-state index contributed by atoms with van der Waals surface area (Å²) in [5.41, 5.74) is 1.43. The Kier molecular flexibility index (Phi) is 4.55. The Bertz CT molecular complexity index is 621. The number of nitrogens with zero attached hydrogens (tertiary/aromatic N) is 1. The van der Waals surface area contributed by atoms with Crippen molar-refractivity contribution in [3.63, 3.8) is 0 Å². The molecule has 1 atom stereocenters. The van der Waals surface area contributed by atoms with E-state index < -0.39 is 6.04 Å². The van der Waals surface area contributed by atoms with Gasteiger partial charge >= 0.3 is 0 Å². The molecule has 1 N–H and O–H groups in total. The van der Waals surface area contributed by atoms with E-state index >= 15 is 0 Å². The molecule has 5 heteroatoms. The minimum Gasteiger partial charge on any atom is -0.365 e. The van der Waals surface area contributed by atoms with Gasteiger partial charge in [0.15, 0.2) is 0 Å². The van der Waals surface area contributed by atoms with Crippen molar-refractivity contribution < 1.29 is 0 Å².